The van der Waals surface area contributed by atoms with Gasteiger partial charge in [-0.2, -0.15) is 0 Å². The van der Waals surface area contributed by atoms with Crippen molar-refractivity contribution in [2.75, 3.05) is 11.4 Å². The lowest BCUT2D eigenvalue weighted by atomic mass is 10.1. The van der Waals surface area contributed by atoms with Gasteiger partial charge in [-0.3, -0.25) is 0 Å². The number of rotatable bonds is 5. The average molecular weight is 263 g/mol. The number of anilines is 1. The number of aliphatic hydroxyl groups excluding tert-OH is 1. The van der Waals surface area contributed by atoms with Crippen LogP contribution < -0.4 is 4.90 Å². The molecule has 2 rings (SSSR count). The van der Waals surface area contributed by atoms with E-state index in [4.69, 9.17) is 4.42 Å². The summed E-state index contributed by atoms with van der Waals surface area (Å²) >= 11 is 0. The fourth-order valence-corrected chi connectivity index (χ4v) is 2.17. The summed E-state index contributed by atoms with van der Waals surface area (Å²) in [6.07, 6.45) is 0.770. The standard InChI is InChI=1S/C15H18FNO2/c1-3-17(10-12-6-5-9-19-12)14-8-4-7-13(16)15(14)11(2)18/h4-9,11,18H,3,10H2,1-2H3. The van der Waals surface area contributed by atoms with Gasteiger partial charge in [0.25, 0.3) is 0 Å². The van der Waals surface area contributed by atoms with Gasteiger partial charge >= 0.3 is 0 Å². The van der Waals surface area contributed by atoms with Crippen molar-refractivity contribution in [3.63, 3.8) is 0 Å². The van der Waals surface area contributed by atoms with Gasteiger partial charge in [0.05, 0.1) is 18.9 Å². The van der Waals surface area contributed by atoms with Gasteiger partial charge in [0.1, 0.15) is 11.6 Å². The van der Waals surface area contributed by atoms with Crippen molar-refractivity contribution in [2.45, 2.75) is 26.5 Å². The summed E-state index contributed by atoms with van der Waals surface area (Å²) in [4.78, 5) is 1.98. The molecule has 0 aliphatic heterocycles. The number of furan rings is 1. The number of benzene rings is 1. The lowest BCUT2D eigenvalue weighted by molar-refractivity contribution is 0.194. The van der Waals surface area contributed by atoms with Crippen LogP contribution in [0.2, 0.25) is 0 Å². The largest absolute Gasteiger partial charge is 0.467 e. The third-order valence-corrected chi connectivity index (χ3v) is 3.10. The van der Waals surface area contributed by atoms with Gasteiger partial charge in [0.15, 0.2) is 0 Å². The molecule has 1 heterocycles. The van der Waals surface area contributed by atoms with Crippen LogP contribution in [-0.4, -0.2) is 11.7 Å². The smallest absolute Gasteiger partial charge is 0.131 e. The van der Waals surface area contributed by atoms with Crippen LogP contribution in [0.25, 0.3) is 0 Å². The number of nitrogens with zero attached hydrogens (tertiary/aromatic N) is 1. The van der Waals surface area contributed by atoms with Crippen LogP contribution in [-0.2, 0) is 6.54 Å². The molecular formula is C15H18FNO2. The molecule has 1 atom stereocenters. The summed E-state index contributed by atoms with van der Waals surface area (Å²) in [6.45, 7) is 4.80. The van der Waals surface area contributed by atoms with Crippen molar-refractivity contribution in [3.05, 3.63) is 53.7 Å². The summed E-state index contributed by atoms with van der Waals surface area (Å²) in [5.74, 6) is 0.424. The highest BCUT2D eigenvalue weighted by atomic mass is 19.1. The number of halogens is 1. The van der Waals surface area contributed by atoms with Crippen LogP contribution in [0, 0.1) is 5.82 Å². The van der Waals surface area contributed by atoms with E-state index in [-0.39, 0.29) is 5.82 Å². The van der Waals surface area contributed by atoms with Gasteiger partial charge in [0.2, 0.25) is 0 Å². The topological polar surface area (TPSA) is 36.6 Å². The third-order valence-electron chi connectivity index (χ3n) is 3.10. The maximum absolute atomic E-state index is 13.9. The highest BCUT2D eigenvalue weighted by Gasteiger charge is 2.18. The zero-order valence-electron chi connectivity index (χ0n) is 11.1. The second-order valence-corrected chi connectivity index (χ2v) is 4.44. The molecule has 0 bridgehead atoms. The lowest BCUT2D eigenvalue weighted by Gasteiger charge is -2.26. The van der Waals surface area contributed by atoms with Gasteiger partial charge in [-0.15, -0.1) is 0 Å². The van der Waals surface area contributed by atoms with E-state index in [0.717, 1.165) is 5.76 Å². The van der Waals surface area contributed by atoms with E-state index in [1.807, 2.05) is 30.0 Å². The molecule has 2 aromatic rings. The Morgan fingerprint density at radius 2 is 2.11 bits per heavy atom. The molecule has 0 spiro atoms. The maximum Gasteiger partial charge on any atom is 0.131 e. The van der Waals surface area contributed by atoms with E-state index in [2.05, 4.69) is 0 Å². The summed E-state index contributed by atoms with van der Waals surface area (Å²) in [5, 5.41) is 9.77. The molecule has 4 heteroatoms. The Balaban J connectivity index is 2.35. The van der Waals surface area contributed by atoms with Gasteiger partial charge in [-0.05, 0) is 38.1 Å². The molecule has 102 valence electrons. The molecule has 0 saturated heterocycles. The molecule has 0 radical (unpaired) electrons. The molecule has 1 N–H and O–H groups in total. The summed E-state index contributed by atoms with van der Waals surface area (Å²) in [6, 6.07) is 8.54. The average Bonchev–Trinajstić information content (AvgIpc) is 2.88. The van der Waals surface area contributed by atoms with Crippen molar-refractivity contribution in [2.24, 2.45) is 0 Å². The third kappa shape index (κ3) is 2.96. The van der Waals surface area contributed by atoms with Gasteiger partial charge in [-0.25, -0.2) is 4.39 Å². The summed E-state index contributed by atoms with van der Waals surface area (Å²) in [5.41, 5.74) is 1.03. The van der Waals surface area contributed by atoms with Crippen LogP contribution in [0.1, 0.15) is 31.3 Å². The molecular weight excluding hydrogens is 245 g/mol. The molecule has 0 saturated carbocycles. The van der Waals surface area contributed by atoms with Crippen molar-refractivity contribution in [1.29, 1.82) is 0 Å². The monoisotopic (exact) mass is 263 g/mol. The Kier molecular flexibility index (Phi) is 4.22. The quantitative estimate of drug-likeness (QED) is 0.897. The van der Waals surface area contributed by atoms with Gasteiger partial charge in [0, 0.05) is 17.8 Å². The van der Waals surface area contributed by atoms with E-state index in [1.54, 1.807) is 19.3 Å². The zero-order valence-corrected chi connectivity index (χ0v) is 11.1. The summed E-state index contributed by atoms with van der Waals surface area (Å²) in [7, 11) is 0. The maximum atomic E-state index is 13.9. The first-order valence-electron chi connectivity index (χ1n) is 6.37. The highest BCUT2D eigenvalue weighted by Crippen LogP contribution is 2.29. The number of aliphatic hydroxyl groups is 1. The van der Waals surface area contributed by atoms with Crippen molar-refractivity contribution in [1.82, 2.24) is 0 Å². The molecule has 1 unspecified atom stereocenters. The second-order valence-electron chi connectivity index (χ2n) is 4.44. The fourth-order valence-electron chi connectivity index (χ4n) is 2.17. The Morgan fingerprint density at radius 3 is 2.68 bits per heavy atom. The minimum atomic E-state index is -0.846. The van der Waals surface area contributed by atoms with E-state index in [0.29, 0.717) is 24.3 Å². The Bertz CT molecular complexity index is 523. The fraction of sp³-hybridized carbons (Fsp3) is 0.333. The van der Waals surface area contributed by atoms with Crippen molar-refractivity contribution >= 4 is 5.69 Å². The van der Waals surface area contributed by atoms with Crippen molar-refractivity contribution < 1.29 is 13.9 Å². The highest BCUT2D eigenvalue weighted by molar-refractivity contribution is 5.55. The van der Waals surface area contributed by atoms with Crippen molar-refractivity contribution in [3.8, 4) is 0 Å². The minimum Gasteiger partial charge on any atom is -0.467 e. The van der Waals surface area contributed by atoms with Gasteiger partial charge in [-0.1, -0.05) is 6.07 Å². The number of hydrogen-bond acceptors (Lipinski definition) is 3. The molecule has 3 nitrogen and oxygen atoms in total. The van der Waals surface area contributed by atoms with Crippen LogP contribution in [0.4, 0.5) is 10.1 Å². The SMILES string of the molecule is CCN(Cc1ccco1)c1cccc(F)c1C(C)O. The molecule has 0 aliphatic rings. The molecule has 1 aromatic heterocycles. The molecule has 0 amide bonds. The van der Waals surface area contributed by atoms with E-state index in [9.17, 15) is 9.50 Å². The Labute approximate surface area is 112 Å². The zero-order chi connectivity index (χ0) is 13.8. The van der Waals surface area contributed by atoms with Crippen LogP contribution in [0.5, 0.6) is 0 Å². The first-order valence-corrected chi connectivity index (χ1v) is 6.37. The van der Waals surface area contributed by atoms with E-state index in [1.165, 1.54) is 6.07 Å². The van der Waals surface area contributed by atoms with E-state index < -0.39 is 6.10 Å². The van der Waals surface area contributed by atoms with Crippen LogP contribution in [0.3, 0.4) is 0 Å². The Hall–Kier alpha value is -1.81. The van der Waals surface area contributed by atoms with Gasteiger partial charge < -0.3 is 14.4 Å². The number of hydrogen-bond donors (Lipinski definition) is 1. The van der Waals surface area contributed by atoms with E-state index >= 15 is 0 Å². The minimum absolute atomic E-state index is 0.330. The first-order chi connectivity index (χ1) is 9.13. The lowest BCUT2D eigenvalue weighted by Crippen LogP contribution is -2.24. The second kappa shape index (κ2) is 5.89. The molecule has 0 fully saturated rings. The molecule has 1 aromatic carbocycles. The predicted octanol–water partition coefficient (Wildman–Crippen LogP) is 3.50. The summed E-state index contributed by atoms with van der Waals surface area (Å²) < 4.78 is 19.2. The normalized spacial score (nSPS) is 12.4. The predicted molar refractivity (Wildman–Crippen MR) is 72.5 cm³/mol. The first kappa shape index (κ1) is 13.6. The molecule has 19 heavy (non-hydrogen) atoms. The van der Waals surface area contributed by atoms with Crippen LogP contribution in [0.15, 0.2) is 41.0 Å². The Morgan fingerprint density at radius 1 is 1.32 bits per heavy atom. The molecule has 0 aliphatic carbocycles. The van der Waals surface area contributed by atoms with Crippen LogP contribution >= 0.6 is 0 Å².